The maximum absolute atomic E-state index is 5.94. The molecule has 2 nitrogen and oxygen atoms in total. The average Bonchev–Trinajstić information content (AvgIpc) is 2.89. The molecule has 1 aromatic rings. The molecular weight excluding hydrogens is 240 g/mol. The third kappa shape index (κ3) is 3.45. The molecule has 2 rings (SSSR count). The van der Waals surface area contributed by atoms with Gasteiger partial charge in [0.2, 0.25) is 0 Å². The maximum atomic E-state index is 5.94. The van der Waals surface area contributed by atoms with Gasteiger partial charge >= 0.3 is 0 Å². The molecule has 0 radical (unpaired) electrons. The molecule has 0 aliphatic carbocycles. The minimum absolute atomic E-state index is 0.690. The second kappa shape index (κ2) is 6.01. The second-order valence-electron chi connectivity index (χ2n) is 4.33. The lowest BCUT2D eigenvalue weighted by Gasteiger charge is -2.23. The van der Waals surface area contributed by atoms with Gasteiger partial charge in [-0.05, 0) is 38.1 Å². The number of halogens is 1. The van der Waals surface area contributed by atoms with E-state index in [1.54, 1.807) is 11.3 Å². The number of likely N-dealkylation sites (N-methyl/N-ethyl adjacent to an activating group) is 1. The van der Waals surface area contributed by atoms with Gasteiger partial charge in [-0.15, -0.1) is 11.3 Å². The van der Waals surface area contributed by atoms with Gasteiger partial charge in [0.25, 0.3) is 0 Å². The Morgan fingerprint density at radius 2 is 2.44 bits per heavy atom. The lowest BCUT2D eigenvalue weighted by molar-refractivity contribution is 0.255. The fourth-order valence-corrected chi connectivity index (χ4v) is 3.32. The quantitative estimate of drug-likeness (QED) is 0.874. The zero-order valence-corrected chi connectivity index (χ0v) is 11.3. The van der Waals surface area contributed by atoms with Gasteiger partial charge in [0, 0.05) is 24.0 Å². The van der Waals surface area contributed by atoms with Crippen molar-refractivity contribution in [1.29, 1.82) is 0 Å². The van der Waals surface area contributed by atoms with Crippen LogP contribution in [0.25, 0.3) is 0 Å². The van der Waals surface area contributed by atoms with E-state index >= 15 is 0 Å². The summed E-state index contributed by atoms with van der Waals surface area (Å²) >= 11 is 7.64. The summed E-state index contributed by atoms with van der Waals surface area (Å²) in [6.45, 7) is 6.71. The molecule has 4 heteroatoms. The Morgan fingerprint density at radius 3 is 3.00 bits per heavy atom. The summed E-state index contributed by atoms with van der Waals surface area (Å²) < 4.78 is 0.894. The molecule has 0 aromatic carbocycles. The molecule has 1 N–H and O–H groups in total. The van der Waals surface area contributed by atoms with Crippen LogP contribution in [0.3, 0.4) is 0 Å². The van der Waals surface area contributed by atoms with Crippen LogP contribution in [0.4, 0.5) is 0 Å². The SMILES string of the molecule is CCN(Cc1ccc(Cl)s1)CC1CCCN1. The first-order chi connectivity index (χ1) is 7.78. The molecule has 0 spiro atoms. The molecular formula is C12H19ClN2S. The highest BCUT2D eigenvalue weighted by molar-refractivity contribution is 7.16. The summed E-state index contributed by atoms with van der Waals surface area (Å²) in [5, 5.41) is 3.55. The number of hydrogen-bond acceptors (Lipinski definition) is 3. The van der Waals surface area contributed by atoms with E-state index in [4.69, 9.17) is 11.6 Å². The molecule has 1 aliphatic rings. The molecule has 0 saturated carbocycles. The fraction of sp³-hybridized carbons (Fsp3) is 0.667. The normalized spacial score (nSPS) is 20.8. The average molecular weight is 259 g/mol. The van der Waals surface area contributed by atoms with Gasteiger partial charge in [-0.1, -0.05) is 18.5 Å². The van der Waals surface area contributed by atoms with E-state index in [-0.39, 0.29) is 0 Å². The summed E-state index contributed by atoms with van der Waals surface area (Å²) in [4.78, 5) is 3.86. The van der Waals surface area contributed by atoms with Crippen LogP contribution in [-0.2, 0) is 6.54 Å². The van der Waals surface area contributed by atoms with Crippen molar-refractivity contribution >= 4 is 22.9 Å². The molecule has 1 atom stereocenters. The number of hydrogen-bond donors (Lipinski definition) is 1. The number of thiophene rings is 1. The van der Waals surface area contributed by atoms with Gasteiger partial charge in [0.1, 0.15) is 0 Å². The molecule has 0 bridgehead atoms. The second-order valence-corrected chi connectivity index (χ2v) is 6.13. The van der Waals surface area contributed by atoms with E-state index in [0.717, 1.165) is 24.0 Å². The Bertz CT molecular complexity index is 321. The highest BCUT2D eigenvalue weighted by atomic mass is 35.5. The number of rotatable bonds is 5. The van der Waals surface area contributed by atoms with E-state index in [2.05, 4.69) is 23.2 Å². The lowest BCUT2D eigenvalue weighted by atomic mass is 10.2. The number of nitrogens with zero attached hydrogens (tertiary/aromatic N) is 1. The van der Waals surface area contributed by atoms with Gasteiger partial charge in [-0.25, -0.2) is 0 Å². The summed E-state index contributed by atoms with van der Waals surface area (Å²) in [5.41, 5.74) is 0. The van der Waals surface area contributed by atoms with Crippen molar-refractivity contribution in [3.8, 4) is 0 Å². The summed E-state index contributed by atoms with van der Waals surface area (Å²) in [6.07, 6.45) is 2.65. The summed E-state index contributed by atoms with van der Waals surface area (Å²) in [6, 6.07) is 4.82. The Labute approximate surface area is 107 Å². The zero-order chi connectivity index (χ0) is 11.4. The Hall–Kier alpha value is -0.0900. The van der Waals surface area contributed by atoms with Crippen LogP contribution in [-0.4, -0.2) is 30.6 Å². The molecule has 2 heterocycles. The first-order valence-corrected chi connectivity index (χ1v) is 7.17. The monoisotopic (exact) mass is 258 g/mol. The summed E-state index contributed by atoms with van der Waals surface area (Å²) in [5.74, 6) is 0. The van der Waals surface area contributed by atoms with Crippen molar-refractivity contribution in [2.45, 2.75) is 32.4 Å². The van der Waals surface area contributed by atoms with Crippen LogP contribution in [0, 0.1) is 0 Å². The maximum Gasteiger partial charge on any atom is 0.0931 e. The van der Waals surface area contributed by atoms with E-state index in [0.29, 0.717) is 6.04 Å². The van der Waals surface area contributed by atoms with Crippen LogP contribution < -0.4 is 5.32 Å². The Kier molecular flexibility index (Phi) is 4.65. The fourth-order valence-electron chi connectivity index (χ4n) is 2.19. The minimum Gasteiger partial charge on any atom is -0.313 e. The van der Waals surface area contributed by atoms with Crippen LogP contribution in [0.5, 0.6) is 0 Å². The lowest BCUT2D eigenvalue weighted by Crippen LogP contribution is -2.36. The van der Waals surface area contributed by atoms with Crippen LogP contribution >= 0.6 is 22.9 Å². The molecule has 1 aromatic heterocycles. The van der Waals surface area contributed by atoms with Crippen molar-refractivity contribution in [3.05, 3.63) is 21.3 Å². The van der Waals surface area contributed by atoms with E-state index < -0.39 is 0 Å². The highest BCUT2D eigenvalue weighted by Crippen LogP contribution is 2.23. The third-order valence-electron chi connectivity index (χ3n) is 3.10. The molecule has 90 valence electrons. The smallest absolute Gasteiger partial charge is 0.0931 e. The van der Waals surface area contributed by atoms with Crippen molar-refractivity contribution in [1.82, 2.24) is 10.2 Å². The Morgan fingerprint density at radius 1 is 1.56 bits per heavy atom. The van der Waals surface area contributed by atoms with Crippen molar-refractivity contribution in [3.63, 3.8) is 0 Å². The van der Waals surface area contributed by atoms with Gasteiger partial charge < -0.3 is 5.32 Å². The predicted octanol–water partition coefficient (Wildman–Crippen LogP) is 2.98. The van der Waals surface area contributed by atoms with Crippen molar-refractivity contribution < 1.29 is 0 Å². The third-order valence-corrected chi connectivity index (χ3v) is 4.31. The van der Waals surface area contributed by atoms with E-state index in [1.807, 2.05) is 6.07 Å². The topological polar surface area (TPSA) is 15.3 Å². The van der Waals surface area contributed by atoms with Crippen LogP contribution in [0.15, 0.2) is 12.1 Å². The number of nitrogens with one attached hydrogen (secondary N) is 1. The van der Waals surface area contributed by atoms with Gasteiger partial charge in [0.05, 0.1) is 4.34 Å². The molecule has 16 heavy (non-hydrogen) atoms. The van der Waals surface area contributed by atoms with Crippen LogP contribution in [0.1, 0.15) is 24.6 Å². The van der Waals surface area contributed by atoms with Gasteiger partial charge in [-0.2, -0.15) is 0 Å². The van der Waals surface area contributed by atoms with Crippen molar-refractivity contribution in [2.75, 3.05) is 19.6 Å². The standard InChI is InChI=1S/C12H19ClN2S/c1-2-15(8-10-4-3-7-14-10)9-11-5-6-12(13)16-11/h5-6,10,14H,2-4,7-9H2,1H3. The first-order valence-electron chi connectivity index (χ1n) is 5.98. The highest BCUT2D eigenvalue weighted by Gasteiger charge is 2.17. The molecule has 1 aliphatic heterocycles. The van der Waals surface area contributed by atoms with Crippen molar-refractivity contribution in [2.24, 2.45) is 0 Å². The molecule has 0 amide bonds. The summed E-state index contributed by atoms with van der Waals surface area (Å²) in [7, 11) is 0. The largest absolute Gasteiger partial charge is 0.313 e. The van der Waals surface area contributed by atoms with Crippen LogP contribution in [0.2, 0.25) is 4.34 Å². The minimum atomic E-state index is 0.690. The predicted molar refractivity (Wildman–Crippen MR) is 71.3 cm³/mol. The van der Waals surface area contributed by atoms with E-state index in [1.165, 1.54) is 24.3 Å². The van der Waals surface area contributed by atoms with Gasteiger partial charge in [0.15, 0.2) is 0 Å². The molecule has 1 fully saturated rings. The Balaban J connectivity index is 1.84. The van der Waals surface area contributed by atoms with E-state index in [9.17, 15) is 0 Å². The van der Waals surface area contributed by atoms with Gasteiger partial charge in [-0.3, -0.25) is 4.90 Å². The zero-order valence-electron chi connectivity index (χ0n) is 9.71. The molecule has 1 saturated heterocycles. The molecule has 1 unspecified atom stereocenters. The first kappa shape index (κ1) is 12.4.